The highest BCUT2D eigenvalue weighted by atomic mass is 35.5. The maximum atomic E-state index is 12.3. The Kier molecular flexibility index (Phi) is 5.39. The molecule has 0 bridgehead atoms. The Balaban J connectivity index is 2.18. The van der Waals surface area contributed by atoms with Crippen molar-refractivity contribution in [2.24, 2.45) is 7.05 Å². The van der Waals surface area contributed by atoms with Crippen molar-refractivity contribution in [2.45, 2.75) is 18.7 Å². The Morgan fingerprint density at radius 3 is 2.32 bits per heavy atom. The van der Waals surface area contributed by atoms with Crippen molar-refractivity contribution in [3.8, 4) is 0 Å². The minimum Gasteiger partial charge on any atom is -0.454 e. The van der Waals surface area contributed by atoms with Gasteiger partial charge in [0.1, 0.15) is 0 Å². The molecule has 0 saturated heterocycles. The normalized spacial score (nSPS) is 11.4. The first-order valence-electron chi connectivity index (χ1n) is 7.35. The number of sulfone groups is 1. The number of rotatable bonds is 5. The number of aryl methyl sites for hydroxylation is 1. The summed E-state index contributed by atoms with van der Waals surface area (Å²) in [6, 6.07) is 5.47. The molecule has 1 heterocycles. The molecule has 134 valence electrons. The van der Waals surface area contributed by atoms with Gasteiger partial charge in [-0.1, -0.05) is 11.6 Å². The lowest BCUT2D eigenvalue weighted by molar-refractivity contribution is 0.0474. The summed E-state index contributed by atoms with van der Waals surface area (Å²) in [4.78, 5) is 24.4. The molecule has 0 amide bonds. The molecule has 0 atom stereocenters. The minimum atomic E-state index is -3.49. The minimum absolute atomic E-state index is 0.0512. The second-order valence-electron chi connectivity index (χ2n) is 5.76. The predicted octanol–water partition coefficient (Wildman–Crippen LogP) is 2.74. The standard InChI is InChI=1S/C17H18ClNO5S/c1-10-7-13(11(2)19(10)3)16(20)9-24-17(21)14-8-12(25(4,22)23)5-6-15(14)18/h5-8H,9H2,1-4H3. The van der Waals surface area contributed by atoms with Crippen molar-refractivity contribution in [2.75, 3.05) is 12.9 Å². The van der Waals surface area contributed by atoms with Crippen LogP contribution >= 0.6 is 11.6 Å². The lowest BCUT2D eigenvalue weighted by Crippen LogP contribution is -2.15. The second-order valence-corrected chi connectivity index (χ2v) is 8.18. The number of ketones is 1. The third kappa shape index (κ3) is 4.11. The zero-order valence-electron chi connectivity index (χ0n) is 14.3. The van der Waals surface area contributed by atoms with E-state index < -0.39 is 22.4 Å². The van der Waals surface area contributed by atoms with E-state index >= 15 is 0 Å². The molecule has 0 fully saturated rings. The Bertz CT molecular complexity index is 960. The molecule has 2 rings (SSSR count). The Labute approximate surface area is 151 Å². The number of halogens is 1. The van der Waals surface area contributed by atoms with Gasteiger partial charge in [0.2, 0.25) is 5.78 Å². The Morgan fingerprint density at radius 1 is 1.16 bits per heavy atom. The van der Waals surface area contributed by atoms with Gasteiger partial charge in [0, 0.05) is 30.3 Å². The van der Waals surface area contributed by atoms with Crippen LogP contribution in [0.4, 0.5) is 0 Å². The van der Waals surface area contributed by atoms with Crippen molar-refractivity contribution >= 4 is 33.2 Å². The smallest absolute Gasteiger partial charge is 0.340 e. The summed E-state index contributed by atoms with van der Waals surface area (Å²) in [5.41, 5.74) is 2.06. The van der Waals surface area contributed by atoms with Crippen LogP contribution in [0.15, 0.2) is 29.2 Å². The summed E-state index contributed by atoms with van der Waals surface area (Å²) in [6.07, 6.45) is 1.02. The van der Waals surface area contributed by atoms with Crippen LogP contribution in [0.3, 0.4) is 0 Å². The molecule has 0 aliphatic carbocycles. The van der Waals surface area contributed by atoms with Crippen LogP contribution in [0, 0.1) is 13.8 Å². The largest absolute Gasteiger partial charge is 0.454 e. The Hall–Kier alpha value is -2.12. The molecule has 0 aliphatic heterocycles. The zero-order valence-corrected chi connectivity index (χ0v) is 15.9. The van der Waals surface area contributed by atoms with Gasteiger partial charge in [0.05, 0.1) is 15.5 Å². The summed E-state index contributed by atoms with van der Waals surface area (Å²) >= 11 is 5.94. The van der Waals surface area contributed by atoms with Crippen LogP contribution in [0.5, 0.6) is 0 Å². The Morgan fingerprint density at radius 2 is 1.80 bits per heavy atom. The number of carbonyl (C=O) groups is 2. The topological polar surface area (TPSA) is 82.4 Å². The van der Waals surface area contributed by atoms with Gasteiger partial charge in [0.15, 0.2) is 16.4 Å². The summed E-state index contributed by atoms with van der Waals surface area (Å²) in [7, 11) is -1.66. The van der Waals surface area contributed by atoms with Crippen LogP contribution in [0.25, 0.3) is 0 Å². The monoisotopic (exact) mass is 383 g/mol. The van der Waals surface area contributed by atoms with Crippen molar-refractivity contribution in [3.05, 3.63) is 51.8 Å². The quantitative estimate of drug-likeness (QED) is 0.585. The van der Waals surface area contributed by atoms with E-state index in [0.29, 0.717) is 5.56 Å². The van der Waals surface area contributed by atoms with E-state index in [1.165, 1.54) is 12.1 Å². The van der Waals surface area contributed by atoms with Crippen LogP contribution in [0.1, 0.15) is 32.1 Å². The molecule has 0 unspecified atom stereocenters. The van der Waals surface area contributed by atoms with Gasteiger partial charge in [-0.2, -0.15) is 0 Å². The highest BCUT2D eigenvalue weighted by Gasteiger charge is 2.20. The number of Topliss-reactive ketones (excluding diaryl/α,β-unsaturated/α-hetero) is 1. The zero-order chi connectivity index (χ0) is 18.9. The van der Waals surface area contributed by atoms with Gasteiger partial charge in [-0.25, -0.2) is 13.2 Å². The van der Waals surface area contributed by atoms with E-state index in [-0.39, 0.29) is 21.3 Å². The molecule has 8 heteroatoms. The average Bonchev–Trinajstić information content (AvgIpc) is 2.79. The lowest BCUT2D eigenvalue weighted by Gasteiger charge is -2.08. The van der Waals surface area contributed by atoms with Crippen LogP contribution < -0.4 is 0 Å². The summed E-state index contributed by atoms with van der Waals surface area (Å²) < 4.78 is 30.1. The molecule has 2 aromatic rings. The molecule has 0 radical (unpaired) electrons. The maximum Gasteiger partial charge on any atom is 0.340 e. The fourth-order valence-electron chi connectivity index (χ4n) is 2.32. The lowest BCUT2D eigenvalue weighted by atomic mass is 10.1. The number of hydrogen-bond acceptors (Lipinski definition) is 5. The first-order valence-corrected chi connectivity index (χ1v) is 9.62. The van der Waals surface area contributed by atoms with E-state index in [0.717, 1.165) is 23.7 Å². The van der Waals surface area contributed by atoms with E-state index in [1.807, 2.05) is 18.5 Å². The first kappa shape index (κ1) is 19.2. The second kappa shape index (κ2) is 7.01. The van der Waals surface area contributed by atoms with Crippen molar-refractivity contribution < 1.29 is 22.7 Å². The summed E-state index contributed by atoms with van der Waals surface area (Å²) in [5, 5.41) is 0.0524. The molecule has 1 aromatic carbocycles. The van der Waals surface area contributed by atoms with Crippen LogP contribution in [-0.2, 0) is 21.6 Å². The molecule has 0 saturated carbocycles. The maximum absolute atomic E-state index is 12.3. The fourth-order valence-corrected chi connectivity index (χ4v) is 3.16. The number of hydrogen-bond donors (Lipinski definition) is 0. The SMILES string of the molecule is Cc1cc(C(=O)COC(=O)c2cc(S(C)(=O)=O)ccc2Cl)c(C)n1C. The molecular formula is C17H18ClNO5S. The van der Waals surface area contributed by atoms with Gasteiger partial charge in [-0.05, 0) is 38.1 Å². The molecular weight excluding hydrogens is 366 g/mol. The van der Waals surface area contributed by atoms with Crippen molar-refractivity contribution in [1.82, 2.24) is 4.57 Å². The number of nitrogens with zero attached hydrogens (tertiary/aromatic N) is 1. The summed E-state index contributed by atoms with van der Waals surface area (Å²) in [5.74, 6) is -1.20. The summed E-state index contributed by atoms with van der Waals surface area (Å²) in [6.45, 7) is 3.21. The first-order chi connectivity index (χ1) is 11.5. The van der Waals surface area contributed by atoms with Crippen LogP contribution in [-0.4, -0.2) is 37.6 Å². The third-order valence-electron chi connectivity index (χ3n) is 4.00. The highest BCUT2D eigenvalue weighted by Crippen LogP contribution is 2.22. The molecule has 1 aromatic heterocycles. The molecule has 6 nitrogen and oxygen atoms in total. The number of benzene rings is 1. The molecule has 25 heavy (non-hydrogen) atoms. The average molecular weight is 384 g/mol. The van der Waals surface area contributed by atoms with E-state index in [9.17, 15) is 18.0 Å². The van der Waals surface area contributed by atoms with Gasteiger partial charge in [-0.3, -0.25) is 4.79 Å². The fraction of sp³-hybridized carbons (Fsp3) is 0.294. The van der Waals surface area contributed by atoms with Crippen molar-refractivity contribution in [3.63, 3.8) is 0 Å². The highest BCUT2D eigenvalue weighted by molar-refractivity contribution is 7.90. The third-order valence-corrected chi connectivity index (χ3v) is 5.44. The van der Waals surface area contributed by atoms with Crippen LogP contribution in [0.2, 0.25) is 5.02 Å². The van der Waals surface area contributed by atoms with Gasteiger partial charge in [0.25, 0.3) is 0 Å². The molecule has 0 aliphatic rings. The number of esters is 1. The molecule has 0 N–H and O–H groups in total. The number of aromatic nitrogens is 1. The van der Waals surface area contributed by atoms with Gasteiger partial charge >= 0.3 is 5.97 Å². The van der Waals surface area contributed by atoms with E-state index in [4.69, 9.17) is 16.3 Å². The number of carbonyl (C=O) groups excluding carboxylic acids is 2. The predicted molar refractivity (Wildman–Crippen MR) is 94.1 cm³/mol. The van der Waals surface area contributed by atoms with Gasteiger partial charge < -0.3 is 9.30 Å². The van der Waals surface area contributed by atoms with E-state index in [2.05, 4.69) is 0 Å². The van der Waals surface area contributed by atoms with Gasteiger partial charge in [-0.15, -0.1) is 0 Å². The number of ether oxygens (including phenoxy) is 1. The van der Waals surface area contributed by atoms with Crippen molar-refractivity contribution in [1.29, 1.82) is 0 Å². The molecule has 0 spiro atoms. The van der Waals surface area contributed by atoms with E-state index in [1.54, 1.807) is 13.0 Å².